The molecule has 0 radical (unpaired) electrons. The molecule has 3 aromatic carbocycles. The molecule has 1 heterocycles. The van der Waals surface area contributed by atoms with Gasteiger partial charge in [-0.05, 0) is 61.4 Å². The van der Waals surface area contributed by atoms with E-state index >= 15 is 0 Å². The molecule has 0 spiro atoms. The van der Waals surface area contributed by atoms with Crippen molar-refractivity contribution in [2.24, 2.45) is 0 Å². The normalized spacial score (nSPS) is 10.8. The summed E-state index contributed by atoms with van der Waals surface area (Å²) < 4.78 is 3.14. The number of nitrogens with one attached hydrogen (secondary N) is 3. The van der Waals surface area contributed by atoms with Gasteiger partial charge in [0.15, 0.2) is 0 Å². The van der Waals surface area contributed by atoms with Crippen LogP contribution in [0.2, 0.25) is 0 Å². The monoisotopic (exact) mass is 457 g/mol. The Bertz CT molecular complexity index is 1400. The fourth-order valence-corrected chi connectivity index (χ4v) is 3.91. The maximum Gasteiger partial charge on any atom is 0.329 e. The summed E-state index contributed by atoms with van der Waals surface area (Å²) in [5, 5.41) is 8.46. The number of hydrogen-bond acceptors (Lipinski definition) is 3. The molecule has 8 heteroatoms. The van der Waals surface area contributed by atoms with Crippen molar-refractivity contribution in [2.75, 3.05) is 10.6 Å². The van der Waals surface area contributed by atoms with Gasteiger partial charge in [-0.2, -0.15) is 0 Å². The van der Waals surface area contributed by atoms with Gasteiger partial charge < -0.3 is 16.0 Å². The van der Waals surface area contributed by atoms with Crippen LogP contribution in [0, 0.1) is 6.92 Å². The molecule has 1 aromatic heterocycles. The highest BCUT2D eigenvalue weighted by Gasteiger charge is 2.14. The topological polar surface area (TPSA) is 97.2 Å². The maximum absolute atomic E-state index is 12.7. The van der Waals surface area contributed by atoms with Crippen molar-refractivity contribution in [1.82, 2.24) is 14.5 Å². The predicted molar refractivity (Wildman–Crippen MR) is 134 cm³/mol. The van der Waals surface area contributed by atoms with Crippen LogP contribution in [0.3, 0.4) is 0 Å². The third-order valence-corrected chi connectivity index (χ3v) is 5.49. The van der Waals surface area contributed by atoms with Crippen LogP contribution in [0.4, 0.5) is 16.2 Å². The maximum atomic E-state index is 12.7. The van der Waals surface area contributed by atoms with E-state index in [1.807, 2.05) is 74.5 Å². The van der Waals surface area contributed by atoms with Gasteiger partial charge in [0.05, 0.1) is 11.0 Å². The Kier molecular flexibility index (Phi) is 6.77. The van der Waals surface area contributed by atoms with Crippen molar-refractivity contribution in [2.45, 2.75) is 33.5 Å². The van der Waals surface area contributed by atoms with E-state index in [0.717, 1.165) is 22.2 Å². The van der Waals surface area contributed by atoms with Crippen LogP contribution in [0.15, 0.2) is 77.6 Å². The zero-order valence-corrected chi connectivity index (χ0v) is 19.2. The average molecular weight is 458 g/mol. The van der Waals surface area contributed by atoms with E-state index < -0.39 is 0 Å². The number of carbonyl (C=O) groups is 2. The molecule has 174 valence electrons. The molecule has 0 unspecified atom stereocenters. The second-order valence-electron chi connectivity index (χ2n) is 8.03. The first-order chi connectivity index (χ1) is 16.4. The zero-order valence-electron chi connectivity index (χ0n) is 19.2. The lowest BCUT2D eigenvalue weighted by atomic mass is 10.2. The summed E-state index contributed by atoms with van der Waals surface area (Å²) in [5.41, 5.74) is 4.53. The molecule has 0 fully saturated rings. The third kappa shape index (κ3) is 5.17. The summed E-state index contributed by atoms with van der Waals surface area (Å²) in [6.45, 7) is 4.60. The highest BCUT2D eigenvalue weighted by Crippen LogP contribution is 2.14. The van der Waals surface area contributed by atoms with Gasteiger partial charge in [0, 0.05) is 24.5 Å². The number of fused-ring (bicyclic) bond motifs is 1. The summed E-state index contributed by atoms with van der Waals surface area (Å²) >= 11 is 0. The summed E-state index contributed by atoms with van der Waals surface area (Å²) in [5.74, 6) is -0.267. The lowest BCUT2D eigenvalue weighted by Gasteiger charge is -2.10. The van der Waals surface area contributed by atoms with E-state index in [4.69, 9.17) is 0 Å². The van der Waals surface area contributed by atoms with Gasteiger partial charge in [0.2, 0.25) is 5.91 Å². The second-order valence-corrected chi connectivity index (χ2v) is 8.03. The van der Waals surface area contributed by atoms with Crippen LogP contribution in [-0.2, 0) is 24.4 Å². The highest BCUT2D eigenvalue weighted by atomic mass is 16.2. The largest absolute Gasteiger partial charge is 0.350 e. The number of rotatable bonds is 7. The van der Waals surface area contributed by atoms with Crippen molar-refractivity contribution >= 4 is 34.3 Å². The molecular weight excluding hydrogens is 430 g/mol. The molecule has 0 atom stereocenters. The molecule has 0 aliphatic rings. The van der Waals surface area contributed by atoms with E-state index in [9.17, 15) is 14.4 Å². The minimum atomic E-state index is -0.349. The van der Waals surface area contributed by atoms with Crippen LogP contribution in [0.5, 0.6) is 0 Å². The highest BCUT2D eigenvalue weighted by molar-refractivity contribution is 5.99. The number of para-hydroxylation sites is 2. The van der Waals surface area contributed by atoms with Gasteiger partial charge >= 0.3 is 11.7 Å². The van der Waals surface area contributed by atoms with Crippen molar-refractivity contribution in [1.29, 1.82) is 0 Å². The molecule has 8 nitrogen and oxygen atoms in total. The van der Waals surface area contributed by atoms with Gasteiger partial charge in [-0.25, -0.2) is 9.59 Å². The van der Waals surface area contributed by atoms with Gasteiger partial charge in [0.1, 0.15) is 6.54 Å². The Balaban J connectivity index is 1.37. The number of benzene rings is 3. The van der Waals surface area contributed by atoms with Crippen LogP contribution in [-0.4, -0.2) is 21.1 Å². The average Bonchev–Trinajstić information content (AvgIpc) is 3.08. The molecule has 0 bridgehead atoms. The number of imidazole rings is 1. The van der Waals surface area contributed by atoms with Gasteiger partial charge in [0.25, 0.3) is 0 Å². The van der Waals surface area contributed by atoms with E-state index in [1.165, 1.54) is 4.57 Å². The van der Waals surface area contributed by atoms with E-state index in [0.29, 0.717) is 17.9 Å². The third-order valence-electron chi connectivity index (χ3n) is 5.49. The van der Waals surface area contributed by atoms with Crippen molar-refractivity contribution in [3.63, 3.8) is 0 Å². The van der Waals surface area contributed by atoms with Crippen LogP contribution in [0.25, 0.3) is 11.0 Å². The quantitative estimate of drug-likeness (QED) is 0.390. The molecular formula is C26H27N5O3. The number of urea groups is 1. The summed E-state index contributed by atoms with van der Waals surface area (Å²) in [6.07, 6.45) is 0. The van der Waals surface area contributed by atoms with E-state index in [2.05, 4.69) is 16.0 Å². The SMILES string of the molecule is CCn1c(=O)n(CC(=O)NCc2cccc(NC(=O)Nc3cccc(C)c3)c2)c2ccccc21. The number of carbonyl (C=O) groups excluding carboxylic acids is 2. The minimum Gasteiger partial charge on any atom is -0.350 e. The fourth-order valence-electron chi connectivity index (χ4n) is 3.91. The van der Waals surface area contributed by atoms with E-state index in [-0.39, 0.29) is 30.7 Å². The summed E-state index contributed by atoms with van der Waals surface area (Å²) in [6, 6.07) is 21.9. The molecule has 3 N–H and O–H groups in total. The van der Waals surface area contributed by atoms with Crippen molar-refractivity contribution < 1.29 is 9.59 Å². The van der Waals surface area contributed by atoms with Crippen LogP contribution in [0.1, 0.15) is 18.1 Å². The Morgan fingerprint density at radius 3 is 2.15 bits per heavy atom. The Labute approximate surface area is 197 Å². The first-order valence-corrected chi connectivity index (χ1v) is 11.1. The lowest BCUT2D eigenvalue weighted by Crippen LogP contribution is -2.32. The van der Waals surface area contributed by atoms with Gasteiger partial charge in [-0.3, -0.25) is 13.9 Å². The molecule has 0 aliphatic heterocycles. The van der Waals surface area contributed by atoms with Gasteiger partial charge in [-0.15, -0.1) is 0 Å². The Hall–Kier alpha value is -4.33. The number of aromatic nitrogens is 2. The first-order valence-electron chi connectivity index (χ1n) is 11.1. The standard InChI is InChI=1S/C26H27N5O3/c1-3-30-22-12-4-5-13-23(22)31(26(30)34)17-24(32)27-16-19-9-7-11-21(15-19)29-25(33)28-20-10-6-8-18(2)14-20/h4-15H,3,16-17H2,1-2H3,(H,27,32)(H2,28,29,33). The van der Waals surface area contributed by atoms with Crippen LogP contribution < -0.4 is 21.6 Å². The first kappa shape index (κ1) is 22.8. The summed E-state index contributed by atoms with van der Waals surface area (Å²) in [7, 11) is 0. The number of anilines is 2. The smallest absolute Gasteiger partial charge is 0.329 e. The van der Waals surface area contributed by atoms with Crippen molar-refractivity contribution in [3.8, 4) is 0 Å². The fraction of sp³-hybridized carbons (Fsp3) is 0.192. The number of nitrogens with zero attached hydrogens (tertiary/aromatic N) is 2. The molecule has 0 saturated carbocycles. The van der Waals surface area contributed by atoms with Gasteiger partial charge in [-0.1, -0.05) is 36.4 Å². The second kappa shape index (κ2) is 10.1. The predicted octanol–water partition coefficient (Wildman–Crippen LogP) is 4.09. The number of hydrogen-bond donors (Lipinski definition) is 3. The Morgan fingerprint density at radius 2 is 1.47 bits per heavy atom. The van der Waals surface area contributed by atoms with Crippen molar-refractivity contribution in [3.05, 3.63) is 94.4 Å². The molecule has 3 amide bonds. The molecule has 4 rings (SSSR count). The number of aryl methyl sites for hydroxylation is 2. The Morgan fingerprint density at radius 1 is 0.824 bits per heavy atom. The lowest BCUT2D eigenvalue weighted by molar-refractivity contribution is -0.121. The number of amides is 3. The zero-order chi connectivity index (χ0) is 24.1. The molecule has 34 heavy (non-hydrogen) atoms. The molecule has 0 aliphatic carbocycles. The van der Waals surface area contributed by atoms with E-state index in [1.54, 1.807) is 16.7 Å². The minimum absolute atomic E-state index is 0.0663. The molecule has 4 aromatic rings. The molecule has 0 saturated heterocycles. The van der Waals surface area contributed by atoms with Crippen LogP contribution >= 0.6 is 0 Å². The summed E-state index contributed by atoms with van der Waals surface area (Å²) in [4.78, 5) is 37.7.